The first-order valence-electron chi connectivity index (χ1n) is 10.4. The van der Waals surface area contributed by atoms with Crippen molar-refractivity contribution in [2.24, 2.45) is 11.3 Å². The highest BCUT2D eigenvalue weighted by atomic mass is 35.5. The van der Waals surface area contributed by atoms with Gasteiger partial charge in [-0.15, -0.1) is 0 Å². The number of benzene rings is 2. The Hall–Kier alpha value is -2.59. The van der Waals surface area contributed by atoms with Gasteiger partial charge in [0.15, 0.2) is 5.78 Å². The van der Waals surface area contributed by atoms with Crippen molar-refractivity contribution in [1.82, 2.24) is 0 Å². The summed E-state index contributed by atoms with van der Waals surface area (Å²) in [5, 5.41) is 4.10. The number of halogens is 1. The number of anilines is 2. The topological polar surface area (TPSA) is 49.4 Å². The molecule has 2 aromatic carbocycles. The largest absolute Gasteiger partial charge is 0.357 e. The van der Waals surface area contributed by atoms with Crippen LogP contribution < -0.4 is 10.2 Å². The van der Waals surface area contributed by atoms with Gasteiger partial charge < -0.3 is 5.32 Å². The lowest BCUT2D eigenvalue weighted by Gasteiger charge is -2.37. The van der Waals surface area contributed by atoms with E-state index in [2.05, 4.69) is 19.2 Å². The summed E-state index contributed by atoms with van der Waals surface area (Å²) in [6.07, 6.45) is 1.19. The zero-order valence-electron chi connectivity index (χ0n) is 17.8. The summed E-state index contributed by atoms with van der Waals surface area (Å²) >= 11 is 6.33. The van der Waals surface area contributed by atoms with Gasteiger partial charge in [0, 0.05) is 28.6 Å². The predicted octanol–water partition coefficient (Wildman–Crippen LogP) is 6.14. The van der Waals surface area contributed by atoms with E-state index >= 15 is 0 Å². The lowest BCUT2D eigenvalue weighted by molar-refractivity contribution is -0.122. The van der Waals surface area contributed by atoms with Crippen LogP contribution in [0.1, 0.15) is 52.1 Å². The lowest BCUT2D eigenvalue weighted by Crippen LogP contribution is -2.41. The molecule has 1 atom stereocenters. The van der Waals surface area contributed by atoms with Gasteiger partial charge in [0.05, 0.1) is 17.4 Å². The molecule has 2 aromatic rings. The molecule has 1 N–H and O–H groups in total. The molecule has 2 aliphatic rings. The average Bonchev–Trinajstić information content (AvgIpc) is 2.80. The summed E-state index contributed by atoms with van der Waals surface area (Å²) in [5.74, 6) is -0.175. The average molecular weight is 423 g/mol. The monoisotopic (exact) mass is 422 g/mol. The van der Waals surface area contributed by atoms with Crippen LogP contribution in [-0.4, -0.2) is 11.7 Å². The molecule has 0 saturated heterocycles. The second kappa shape index (κ2) is 7.59. The zero-order valence-corrected chi connectivity index (χ0v) is 18.6. The van der Waals surface area contributed by atoms with Crippen LogP contribution in [0.3, 0.4) is 0 Å². The molecule has 30 heavy (non-hydrogen) atoms. The molecular weight excluding hydrogens is 396 g/mol. The maximum atomic E-state index is 13.5. The second-order valence-corrected chi connectivity index (χ2v) is 9.73. The SMILES string of the molecule is CC(C)C(=O)N1c2ccccc2NC2=C(C(=O)CC(C)(C)C2)C1c1cccc(Cl)c1. The van der Waals surface area contributed by atoms with Crippen molar-refractivity contribution in [3.63, 3.8) is 0 Å². The first kappa shape index (κ1) is 20.7. The number of nitrogens with zero attached hydrogens (tertiary/aromatic N) is 1. The Labute approximate surface area is 182 Å². The van der Waals surface area contributed by atoms with Crippen LogP contribution >= 0.6 is 11.6 Å². The van der Waals surface area contributed by atoms with Crippen molar-refractivity contribution in [2.45, 2.75) is 46.6 Å². The molecule has 4 nitrogen and oxygen atoms in total. The van der Waals surface area contributed by atoms with Gasteiger partial charge in [0.2, 0.25) is 5.91 Å². The van der Waals surface area contributed by atoms with Crippen molar-refractivity contribution in [3.8, 4) is 0 Å². The molecular formula is C25H27ClN2O2. The smallest absolute Gasteiger partial charge is 0.230 e. The number of carbonyl (C=O) groups excluding carboxylic acids is 2. The Balaban J connectivity index is 2.03. The number of nitrogens with one attached hydrogen (secondary N) is 1. The van der Waals surface area contributed by atoms with Gasteiger partial charge in [-0.2, -0.15) is 0 Å². The second-order valence-electron chi connectivity index (χ2n) is 9.30. The summed E-state index contributed by atoms with van der Waals surface area (Å²) < 4.78 is 0. The molecule has 1 unspecified atom stereocenters. The van der Waals surface area contributed by atoms with Gasteiger partial charge >= 0.3 is 0 Å². The quantitative estimate of drug-likeness (QED) is 0.632. The number of fused-ring (bicyclic) bond motifs is 1. The van der Waals surface area contributed by atoms with Crippen LogP contribution in [0, 0.1) is 11.3 Å². The Morgan fingerprint density at radius 2 is 1.87 bits per heavy atom. The molecule has 156 valence electrons. The number of hydrogen-bond donors (Lipinski definition) is 1. The Morgan fingerprint density at radius 1 is 1.13 bits per heavy atom. The minimum Gasteiger partial charge on any atom is -0.357 e. The number of ketones is 1. The summed E-state index contributed by atoms with van der Waals surface area (Å²) in [4.78, 5) is 28.8. The summed E-state index contributed by atoms with van der Waals surface area (Å²) in [5.41, 5.74) is 3.88. The number of carbonyl (C=O) groups is 2. The van der Waals surface area contributed by atoms with Gasteiger partial charge in [0.25, 0.3) is 0 Å². The number of hydrogen-bond acceptors (Lipinski definition) is 3. The Bertz CT molecular complexity index is 1050. The van der Waals surface area contributed by atoms with E-state index in [0.29, 0.717) is 17.0 Å². The van der Waals surface area contributed by atoms with E-state index in [1.807, 2.05) is 62.4 Å². The number of amides is 1. The number of rotatable bonds is 2. The molecule has 1 aliphatic heterocycles. The van der Waals surface area contributed by atoms with E-state index in [1.165, 1.54) is 0 Å². The van der Waals surface area contributed by atoms with Gasteiger partial charge in [-0.1, -0.05) is 63.6 Å². The Morgan fingerprint density at radius 3 is 2.57 bits per heavy atom. The number of Topliss-reactive ketones (excluding diaryl/α,β-unsaturated/α-hetero) is 1. The highest BCUT2D eigenvalue weighted by Gasteiger charge is 2.43. The summed E-state index contributed by atoms with van der Waals surface area (Å²) in [6, 6.07) is 14.7. The van der Waals surface area contributed by atoms with Gasteiger partial charge in [-0.05, 0) is 41.7 Å². The fourth-order valence-corrected chi connectivity index (χ4v) is 4.70. The standard InChI is InChI=1S/C25H27ClN2O2/c1-15(2)24(30)28-20-11-6-5-10-18(20)27-19-13-25(3,4)14-21(29)22(19)23(28)16-8-7-9-17(26)12-16/h5-12,15,23,27H,13-14H2,1-4H3. The third kappa shape index (κ3) is 3.65. The van der Waals surface area contributed by atoms with Crippen molar-refractivity contribution in [1.29, 1.82) is 0 Å². The molecule has 1 heterocycles. The predicted molar refractivity (Wildman–Crippen MR) is 122 cm³/mol. The summed E-state index contributed by atoms with van der Waals surface area (Å²) in [7, 11) is 0. The minimum atomic E-state index is -0.520. The molecule has 0 bridgehead atoms. The molecule has 0 radical (unpaired) electrons. The first-order chi connectivity index (χ1) is 14.2. The number of allylic oxidation sites excluding steroid dienone is 1. The third-order valence-corrected chi connectivity index (χ3v) is 6.03. The molecule has 4 rings (SSSR count). The molecule has 0 saturated carbocycles. The fourth-order valence-electron chi connectivity index (χ4n) is 4.50. The molecule has 5 heteroatoms. The highest BCUT2D eigenvalue weighted by Crippen LogP contribution is 2.48. The lowest BCUT2D eigenvalue weighted by atomic mass is 9.73. The minimum absolute atomic E-state index is 0.0272. The van der Waals surface area contributed by atoms with Crippen molar-refractivity contribution in [3.05, 3.63) is 70.4 Å². The molecule has 0 aromatic heterocycles. The fraction of sp³-hybridized carbons (Fsp3) is 0.360. The molecule has 0 fully saturated rings. The van der Waals surface area contributed by atoms with E-state index in [-0.39, 0.29) is 23.0 Å². The van der Waals surface area contributed by atoms with Crippen molar-refractivity contribution in [2.75, 3.05) is 10.2 Å². The Kier molecular flexibility index (Phi) is 5.23. The third-order valence-electron chi connectivity index (χ3n) is 5.80. The normalized spacial score (nSPS) is 20.4. The van der Waals surface area contributed by atoms with Crippen LogP contribution in [-0.2, 0) is 9.59 Å². The van der Waals surface area contributed by atoms with Crippen LogP contribution in [0.5, 0.6) is 0 Å². The molecule has 0 spiro atoms. The van der Waals surface area contributed by atoms with Gasteiger partial charge in [-0.25, -0.2) is 0 Å². The molecule has 1 aliphatic carbocycles. The van der Waals surface area contributed by atoms with Gasteiger partial charge in [-0.3, -0.25) is 14.5 Å². The van der Waals surface area contributed by atoms with Crippen LogP contribution in [0.2, 0.25) is 5.02 Å². The number of para-hydroxylation sites is 2. The van der Waals surface area contributed by atoms with Crippen molar-refractivity contribution < 1.29 is 9.59 Å². The van der Waals surface area contributed by atoms with E-state index < -0.39 is 6.04 Å². The van der Waals surface area contributed by atoms with Crippen LogP contribution in [0.15, 0.2) is 59.8 Å². The van der Waals surface area contributed by atoms with Gasteiger partial charge in [0.1, 0.15) is 0 Å². The molecule has 1 amide bonds. The van der Waals surface area contributed by atoms with E-state index in [4.69, 9.17) is 11.6 Å². The van der Waals surface area contributed by atoms with Crippen molar-refractivity contribution >= 4 is 34.7 Å². The zero-order chi connectivity index (χ0) is 21.6. The van der Waals surface area contributed by atoms with E-state index in [1.54, 1.807) is 4.90 Å². The summed E-state index contributed by atoms with van der Waals surface area (Å²) in [6.45, 7) is 8.00. The van der Waals surface area contributed by atoms with Crippen LogP contribution in [0.25, 0.3) is 0 Å². The maximum absolute atomic E-state index is 13.5. The maximum Gasteiger partial charge on any atom is 0.230 e. The van der Waals surface area contributed by atoms with Crippen LogP contribution in [0.4, 0.5) is 11.4 Å². The highest BCUT2D eigenvalue weighted by molar-refractivity contribution is 6.30. The first-order valence-corrected chi connectivity index (χ1v) is 10.8. The van der Waals surface area contributed by atoms with E-state index in [9.17, 15) is 9.59 Å². The van der Waals surface area contributed by atoms with E-state index in [0.717, 1.165) is 29.1 Å².